The van der Waals surface area contributed by atoms with Gasteiger partial charge >= 0.3 is 12.4 Å². The first-order valence-corrected chi connectivity index (χ1v) is 9.61. The molecule has 13 heteroatoms. The van der Waals surface area contributed by atoms with Crippen LogP contribution in [0.1, 0.15) is 25.8 Å². The first kappa shape index (κ1) is 25.4. The number of imidazole rings is 1. The van der Waals surface area contributed by atoms with Gasteiger partial charge in [-0.2, -0.15) is 26.3 Å². The minimum Gasteiger partial charge on any atom is -0.386 e. The lowest BCUT2D eigenvalue weighted by Crippen LogP contribution is -2.58. The predicted octanol–water partition coefficient (Wildman–Crippen LogP) is 4.58. The third-order valence-electron chi connectivity index (χ3n) is 5.05. The van der Waals surface area contributed by atoms with E-state index in [0.717, 1.165) is 16.7 Å². The number of benzene rings is 2. The fraction of sp³-hybridized carbons (Fsp3) is 0.333. The zero-order valence-corrected chi connectivity index (χ0v) is 17.6. The van der Waals surface area contributed by atoms with Crippen LogP contribution in [-0.4, -0.2) is 43.6 Å². The summed E-state index contributed by atoms with van der Waals surface area (Å²) in [6.45, 7) is 2.95. The van der Waals surface area contributed by atoms with Crippen molar-refractivity contribution in [1.29, 1.82) is 0 Å². The van der Waals surface area contributed by atoms with Crippen molar-refractivity contribution in [2.24, 2.45) is 0 Å². The number of hydrogen-bond donors (Lipinski definition) is 3. The molecule has 3 N–H and O–H groups in total. The van der Waals surface area contributed by atoms with Crippen LogP contribution in [0.3, 0.4) is 0 Å². The minimum absolute atomic E-state index is 0.161. The van der Waals surface area contributed by atoms with Gasteiger partial charge in [0, 0.05) is 5.69 Å². The molecular formula is C21H18F7N3O3. The number of carbonyl (C=O) groups excluding carboxylic acids is 1. The van der Waals surface area contributed by atoms with E-state index in [1.165, 1.54) is 44.2 Å². The monoisotopic (exact) mass is 493 g/mol. The highest BCUT2D eigenvalue weighted by Gasteiger charge is 2.71. The molecule has 6 nitrogen and oxygen atoms in total. The number of nitrogens with zero attached hydrogens (tertiary/aromatic N) is 2. The van der Waals surface area contributed by atoms with E-state index >= 15 is 0 Å². The molecule has 0 saturated heterocycles. The molecule has 1 amide bonds. The van der Waals surface area contributed by atoms with E-state index in [1.807, 2.05) is 5.32 Å². The Morgan fingerprint density at radius 2 is 1.53 bits per heavy atom. The minimum atomic E-state index is -6.18. The molecule has 0 bridgehead atoms. The average molecular weight is 493 g/mol. The van der Waals surface area contributed by atoms with Crippen LogP contribution in [-0.2, 0) is 10.4 Å². The van der Waals surface area contributed by atoms with Crippen molar-refractivity contribution in [3.05, 3.63) is 53.8 Å². The van der Waals surface area contributed by atoms with Gasteiger partial charge in [0.15, 0.2) is 0 Å². The molecule has 0 radical (unpaired) electrons. The molecule has 2 aromatic carbocycles. The number of halogens is 7. The molecule has 0 aliphatic heterocycles. The molecule has 0 aliphatic rings. The second-order valence-electron chi connectivity index (χ2n) is 8.09. The SMILES string of the molecule is CC(C)(O)c1ccc2nc(NC(=O)CC(O)(C(F)(F)F)C(F)(F)F)n(-c3ccc(F)cc3)c2c1. The zero-order valence-electron chi connectivity index (χ0n) is 17.6. The van der Waals surface area contributed by atoms with Crippen molar-refractivity contribution >= 4 is 22.9 Å². The van der Waals surface area contributed by atoms with Gasteiger partial charge in [0.05, 0.1) is 23.1 Å². The number of amides is 1. The highest BCUT2D eigenvalue weighted by atomic mass is 19.4. The lowest BCUT2D eigenvalue weighted by atomic mass is 9.98. The number of anilines is 1. The Labute approximate surface area is 187 Å². The molecule has 0 atom stereocenters. The Morgan fingerprint density at radius 1 is 0.971 bits per heavy atom. The third kappa shape index (κ3) is 4.71. The maximum Gasteiger partial charge on any atom is 0.426 e. The Balaban J connectivity index is 2.10. The fourth-order valence-electron chi connectivity index (χ4n) is 3.15. The summed E-state index contributed by atoms with van der Waals surface area (Å²) < 4.78 is 92.4. The van der Waals surface area contributed by atoms with Crippen molar-refractivity contribution in [2.45, 2.75) is 43.8 Å². The van der Waals surface area contributed by atoms with Gasteiger partial charge in [0.2, 0.25) is 11.9 Å². The number of alkyl halides is 6. The summed E-state index contributed by atoms with van der Waals surface area (Å²) in [5.74, 6) is -2.93. The number of hydrogen-bond acceptors (Lipinski definition) is 4. The number of aromatic nitrogens is 2. The van der Waals surface area contributed by atoms with Crippen LogP contribution < -0.4 is 5.32 Å². The Kier molecular flexibility index (Phi) is 6.16. The molecular weight excluding hydrogens is 475 g/mol. The molecule has 0 saturated carbocycles. The van der Waals surface area contributed by atoms with Crippen molar-refractivity contribution in [2.75, 3.05) is 5.32 Å². The Morgan fingerprint density at radius 3 is 2.03 bits per heavy atom. The Bertz CT molecular complexity index is 1200. The normalized spacial score (nSPS) is 13.4. The number of carbonyl (C=O) groups is 1. The molecule has 1 aromatic heterocycles. The van der Waals surface area contributed by atoms with Gasteiger partial charge in [-0.05, 0) is 55.8 Å². The fourth-order valence-corrected chi connectivity index (χ4v) is 3.15. The van der Waals surface area contributed by atoms with Gasteiger partial charge in [-0.25, -0.2) is 9.37 Å². The van der Waals surface area contributed by atoms with E-state index in [2.05, 4.69) is 4.98 Å². The molecule has 0 aliphatic carbocycles. The van der Waals surface area contributed by atoms with Crippen molar-refractivity contribution in [1.82, 2.24) is 9.55 Å². The molecule has 0 fully saturated rings. The van der Waals surface area contributed by atoms with Crippen molar-refractivity contribution < 1.29 is 45.7 Å². The summed E-state index contributed by atoms with van der Waals surface area (Å²) in [5.41, 5.74) is -5.70. The van der Waals surface area contributed by atoms with E-state index in [1.54, 1.807) is 0 Å². The van der Waals surface area contributed by atoms with E-state index in [4.69, 9.17) is 0 Å². The van der Waals surface area contributed by atoms with Crippen LogP contribution in [0.15, 0.2) is 42.5 Å². The van der Waals surface area contributed by atoms with Crippen molar-refractivity contribution in [3.63, 3.8) is 0 Å². The summed E-state index contributed by atoms with van der Waals surface area (Å²) in [5, 5.41) is 21.5. The number of nitrogens with one attached hydrogen (secondary N) is 1. The standard InChI is InChI=1S/C21H18F7N3O3/c1-18(2,33)11-3-8-14-15(9-11)31(13-6-4-12(22)5-7-13)17(29-14)30-16(32)10-19(34,20(23,24)25)21(26,27)28/h3-9,33-34H,10H2,1-2H3,(H,29,30,32). The summed E-state index contributed by atoms with van der Waals surface area (Å²) in [7, 11) is 0. The number of aliphatic hydroxyl groups is 2. The number of rotatable bonds is 5. The molecule has 34 heavy (non-hydrogen) atoms. The van der Waals surface area contributed by atoms with Crippen LogP contribution >= 0.6 is 0 Å². The van der Waals surface area contributed by atoms with Crippen LogP contribution in [0, 0.1) is 5.82 Å². The molecule has 1 heterocycles. The lowest BCUT2D eigenvalue weighted by Gasteiger charge is -2.31. The molecule has 0 spiro atoms. The molecule has 3 aromatic rings. The van der Waals surface area contributed by atoms with Gasteiger partial charge < -0.3 is 10.2 Å². The van der Waals surface area contributed by atoms with Gasteiger partial charge in [-0.3, -0.25) is 14.7 Å². The van der Waals surface area contributed by atoms with Gasteiger partial charge in [-0.1, -0.05) is 6.07 Å². The first-order valence-electron chi connectivity index (χ1n) is 9.61. The predicted molar refractivity (Wildman–Crippen MR) is 107 cm³/mol. The summed E-state index contributed by atoms with van der Waals surface area (Å²) in [6, 6.07) is 8.91. The van der Waals surface area contributed by atoms with Gasteiger partial charge in [0.1, 0.15) is 5.82 Å². The maximum atomic E-state index is 13.4. The third-order valence-corrected chi connectivity index (χ3v) is 5.05. The van der Waals surface area contributed by atoms with E-state index in [0.29, 0.717) is 5.56 Å². The smallest absolute Gasteiger partial charge is 0.386 e. The summed E-state index contributed by atoms with van der Waals surface area (Å²) in [4.78, 5) is 16.3. The average Bonchev–Trinajstić information content (AvgIpc) is 3.03. The highest BCUT2D eigenvalue weighted by Crippen LogP contribution is 2.45. The van der Waals surface area contributed by atoms with Crippen molar-refractivity contribution in [3.8, 4) is 5.69 Å². The molecule has 0 unspecified atom stereocenters. The van der Waals surface area contributed by atoms with E-state index in [9.17, 15) is 45.7 Å². The number of fused-ring (bicyclic) bond motifs is 1. The second-order valence-corrected chi connectivity index (χ2v) is 8.09. The topological polar surface area (TPSA) is 87.4 Å². The van der Waals surface area contributed by atoms with Crippen LogP contribution in [0.5, 0.6) is 0 Å². The van der Waals surface area contributed by atoms with Crippen LogP contribution in [0.4, 0.5) is 36.7 Å². The van der Waals surface area contributed by atoms with Gasteiger partial charge in [0.25, 0.3) is 5.60 Å². The van der Waals surface area contributed by atoms with E-state index in [-0.39, 0.29) is 16.7 Å². The summed E-state index contributed by atoms with van der Waals surface area (Å²) >= 11 is 0. The van der Waals surface area contributed by atoms with Crippen LogP contribution in [0.2, 0.25) is 0 Å². The summed E-state index contributed by atoms with van der Waals surface area (Å²) in [6.07, 6.45) is -14.7. The lowest BCUT2D eigenvalue weighted by molar-refractivity contribution is -0.366. The second kappa shape index (κ2) is 8.24. The van der Waals surface area contributed by atoms with E-state index < -0.39 is 47.6 Å². The first-order chi connectivity index (χ1) is 15.4. The zero-order chi connectivity index (χ0) is 25.7. The maximum absolute atomic E-state index is 13.4. The van der Waals surface area contributed by atoms with Crippen LogP contribution in [0.25, 0.3) is 16.7 Å². The Hall–Kier alpha value is -3.19. The molecule has 184 valence electrons. The quantitative estimate of drug-likeness (QED) is 0.455. The highest BCUT2D eigenvalue weighted by molar-refractivity contribution is 5.93. The largest absolute Gasteiger partial charge is 0.426 e. The molecule has 3 rings (SSSR count). The van der Waals surface area contributed by atoms with Gasteiger partial charge in [-0.15, -0.1) is 0 Å².